The van der Waals surface area contributed by atoms with Crippen LogP contribution in [0.15, 0.2) is 59.5 Å². The molecule has 0 saturated heterocycles. The Morgan fingerprint density at radius 1 is 1.10 bits per heavy atom. The SMILES string of the molecule is CNC1(NC=O)c2ccccc2SC1c1ccccc1. The van der Waals surface area contributed by atoms with E-state index in [0.717, 1.165) is 12.0 Å². The van der Waals surface area contributed by atoms with Crippen molar-refractivity contribution in [3.05, 3.63) is 65.7 Å². The molecule has 1 aliphatic rings. The Hall–Kier alpha value is -1.78. The van der Waals surface area contributed by atoms with Gasteiger partial charge in [0.2, 0.25) is 6.41 Å². The standard InChI is InChI=1S/C16H16N2OS/c1-17-16(18-11-19)13-9-5-6-10-14(13)20-15(16)12-7-3-2-4-8-12/h2-11,15,17H,1H3,(H,18,19). The quantitative estimate of drug-likeness (QED) is 0.670. The summed E-state index contributed by atoms with van der Waals surface area (Å²) in [5.41, 5.74) is 1.75. The Balaban J connectivity index is 2.14. The molecule has 3 nitrogen and oxygen atoms in total. The normalized spacial score (nSPS) is 24.1. The summed E-state index contributed by atoms with van der Waals surface area (Å²) in [4.78, 5) is 12.4. The van der Waals surface area contributed by atoms with Gasteiger partial charge in [-0.3, -0.25) is 10.1 Å². The van der Waals surface area contributed by atoms with Gasteiger partial charge in [0.25, 0.3) is 0 Å². The monoisotopic (exact) mass is 284 g/mol. The number of hydrogen-bond acceptors (Lipinski definition) is 3. The molecule has 0 aromatic heterocycles. The van der Waals surface area contributed by atoms with Gasteiger partial charge in [0.1, 0.15) is 5.66 Å². The summed E-state index contributed by atoms with van der Waals surface area (Å²) in [6.07, 6.45) is 0.773. The molecule has 0 spiro atoms. The average Bonchev–Trinajstić information content (AvgIpc) is 2.84. The minimum atomic E-state index is -0.565. The summed E-state index contributed by atoms with van der Waals surface area (Å²) in [5.74, 6) is 0. The molecule has 0 aliphatic carbocycles. The van der Waals surface area contributed by atoms with Crippen molar-refractivity contribution in [1.82, 2.24) is 10.6 Å². The molecule has 0 radical (unpaired) electrons. The van der Waals surface area contributed by atoms with E-state index in [4.69, 9.17) is 0 Å². The van der Waals surface area contributed by atoms with Crippen LogP contribution in [0.4, 0.5) is 0 Å². The van der Waals surface area contributed by atoms with Gasteiger partial charge < -0.3 is 5.32 Å². The van der Waals surface area contributed by atoms with Gasteiger partial charge in [-0.25, -0.2) is 0 Å². The van der Waals surface area contributed by atoms with Crippen LogP contribution in [0, 0.1) is 0 Å². The highest BCUT2D eigenvalue weighted by Gasteiger charge is 2.47. The Kier molecular flexibility index (Phi) is 3.51. The van der Waals surface area contributed by atoms with E-state index in [1.165, 1.54) is 10.5 Å². The highest BCUT2D eigenvalue weighted by molar-refractivity contribution is 8.00. The fourth-order valence-electron chi connectivity index (χ4n) is 2.78. The summed E-state index contributed by atoms with van der Waals surface area (Å²) in [6, 6.07) is 18.5. The van der Waals surface area contributed by atoms with Crippen LogP contribution in [-0.2, 0) is 10.5 Å². The lowest BCUT2D eigenvalue weighted by Crippen LogP contribution is -2.53. The maximum absolute atomic E-state index is 11.2. The number of fused-ring (bicyclic) bond motifs is 1. The zero-order chi connectivity index (χ0) is 14.0. The highest BCUT2D eigenvalue weighted by atomic mass is 32.2. The molecule has 0 fully saturated rings. The predicted octanol–water partition coefficient (Wildman–Crippen LogP) is 2.65. The zero-order valence-electron chi connectivity index (χ0n) is 11.2. The first-order chi connectivity index (χ1) is 9.81. The summed E-state index contributed by atoms with van der Waals surface area (Å²) in [7, 11) is 1.88. The van der Waals surface area contributed by atoms with Crippen LogP contribution in [0.2, 0.25) is 0 Å². The molecule has 0 saturated carbocycles. The van der Waals surface area contributed by atoms with Gasteiger partial charge in [-0.2, -0.15) is 0 Å². The van der Waals surface area contributed by atoms with Crippen molar-refractivity contribution >= 4 is 18.2 Å². The Morgan fingerprint density at radius 3 is 2.50 bits per heavy atom. The lowest BCUT2D eigenvalue weighted by Gasteiger charge is -2.35. The van der Waals surface area contributed by atoms with Crippen LogP contribution < -0.4 is 10.6 Å². The van der Waals surface area contributed by atoms with Crippen molar-refractivity contribution in [3.8, 4) is 0 Å². The molecule has 2 aromatic carbocycles. The number of thioether (sulfide) groups is 1. The first kappa shape index (κ1) is 13.2. The van der Waals surface area contributed by atoms with Gasteiger partial charge in [0.15, 0.2) is 0 Å². The number of rotatable bonds is 4. The molecule has 1 heterocycles. The predicted molar refractivity (Wildman–Crippen MR) is 81.4 cm³/mol. The first-order valence-corrected chi connectivity index (χ1v) is 7.41. The molecule has 1 aliphatic heterocycles. The second kappa shape index (κ2) is 5.31. The molecular formula is C16H16N2OS. The molecule has 2 aromatic rings. The van der Waals surface area contributed by atoms with Gasteiger partial charge >= 0.3 is 0 Å². The van der Waals surface area contributed by atoms with Crippen LogP contribution in [0.25, 0.3) is 0 Å². The third-order valence-electron chi connectivity index (χ3n) is 3.73. The number of carbonyl (C=O) groups is 1. The molecule has 4 heteroatoms. The van der Waals surface area contributed by atoms with Crippen molar-refractivity contribution < 1.29 is 4.79 Å². The smallest absolute Gasteiger partial charge is 0.208 e. The van der Waals surface area contributed by atoms with Gasteiger partial charge in [-0.15, -0.1) is 11.8 Å². The van der Waals surface area contributed by atoms with Crippen LogP contribution >= 0.6 is 11.8 Å². The van der Waals surface area contributed by atoms with Crippen LogP contribution in [0.5, 0.6) is 0 Å². The van der Waals surface area contributed by atoms with Crippen molar-refractivity contribution in [3.63, 3.8) is 0 Å². The number of carbonyl (C=O) groups excluding carboxylic acids is 1. The van der Waals surface area contributed by atoms with E-state index in [1.807, 2.05) is 37.4 Å². The number of likely N-dealkylation sites (N-methyl/N-ethyl adjacent to an activating group) is 1. The first-order valence-electron chi connectivity index (χ1n) is 6.53. The zero-order valence-corrected chi connectivity index (χ0v) is 12.0. The van der Waals surface area contributed by atoms with Crippen LogP contribution in [0.3, 0.4) is 0 Å². The summed E-state index contributed by atoms with van der Waals surface area (Å²) < 4.78 is 0. The van der Waals surface area contributed by atoms with Gasteiger partial charge in [-0.1, -0.05) is 48.5 Å². The number of nitrogens with one attached hydrogen (secondary N) is 2. The lowest BCUT2D eigenvalue weighted by atomic mass is 9.91. The summed E-state index contributed by atoms with van der Waals surface area (Å²) >= 11 is 1.78. The molecule has 0 bridgehead atoms. The topological polar surface area (TPSA) is 41.1 Å². The van der Waals surface area contributed by atoms with E-state index in [9.17, 15) is 4.79 Å². The molecule has 2 unspecified atom stereocenters. The summed E-state index contributed by atoms with van der Waals surface area (Å²) in [5, 5.41) is 6.43. The fourth-order valence-corrected chi connectivity index (χ4v) is 4.33. The van der Waals surface area contributed by atoms with Crippen molar-refractivity contribution in [1.29, 1.82) is 0 Å². The second-order valence-corrected chi connectivity index (χ2v) is 5.87. The van der Waals surface area contributed by atoms with E-state index in [-0.39, 0.29) is 5.25 Å². The highest BCUT2D eigenvalue weighted by Crippen LogP contribution is 2.54. The molecule has 3 rings (SSSR count). The van der Waals surface area contributed by atoms with Crippen LogP contribution in [0.1, 0.15) is 16.4 Å². The molecular weight excluding hydrogens is 268 g/mol. The molecule has 2 atom stereocenters. The fraction of sp³-hybridized carbons (Fsp3) is 0.188. The Morgan fingerprint density at radius 2 is 1.80 bits per heavy atom. The van der Waals surface area contributed by atoms with Gasteiger partial charge in [-0.05, 0) is 18.7 Å². The third kappa shape index (κ3) is 1.92. The molecule has 2 N–H and O–H groups in total. The third-order valence-corrected chi connectivity index (χ3v) is 5.20. The van der Waals surface area contributed by atoms with Crippen molar-refractivity contribution in [2.24, 2.45) is 0 Å². The number of amides is 1. The van der Waals surface area contributed by atoms with E-state index in [1.54, 1.807) is 11.8 Å². The average molecular weight is 284 g/mol. The number of benzene rings is 2. The van der Waals surface area contributed by atoms with E-state index in [0.29, 0.717) is 0 Å². The molecule has 1 amide bonds. The maximum atomic E-state index is 11.2. The van der Waals surface area contributed by atoms with Crippen LogP contribution in [-0.4, -0.2) is 13.5 Å². The minimum Gasteiger partial charge on any atom is -0.335 e. The molecule has 102 valence electrons. The second-order valence-electron chi connectivity index (χ2n) is 4.72. The lowest BCUT2D eigenvalue weighted by molar-refractivity contribution is -0.111. The van der Waals surface area contributed by atoms with Crippen molar-refractivity contribution in [2.75, 3.05) is 7.05 Å². The van der Waals surface area contributed by atoms with E-state index < -0.39 is 5.66 Å². The Labute approximate surface area is 122 Å². The van der Waals surface area contributed by atoms with E-state index in [2.05, 4.69) is 34.9 Å². The van der Waals surface area contributed by atoms with E-state index >= 15 is 0 Å². The summed E-state index contributed by atoms with van der Waals surface area (Å²) in [6.45, 7) is 0. The van der Waals surface area contributed by atoms with Gasteiger partial charge in [0.05, 0.1) is 5.25 Å². The van der Waals surface area contributed by atoms with Crippen molar-refractivity contribution in [2.45, 2.75) is 15.8 Å². The molecule has 20 heavy (non-hydrogen) atoms. The minimum absolute atomic E-state index is 0.108. The number of hydrogen-bond donors (Lipinski definition) is 2. The van der Waals surface area contributed by atoms with Gasteiger partial charge in [0, 0.05) is 10.5 Å². The maximum Gasteiger partial charge on any atom is 0.208 e. The largest absolute Gasteiger partial charge is 0.335 e. The Bertz CT molecular complexity index is 617.